The molecule has 1 saturated carbocycles. The number of carbonyl (C=O) groups is 1. The molecule has 3 fully saturated rings. The fourth-order valence-electron chi connectivity index (χ4n) is 4.61. The van der Waals surface area contributed by atoms with E-state index in [0.717, 1.165) is 31.6 Å². The molecule has 0 radical (unpaired) electrons. The summed E-state index contributed by atoms with van der Waals surface area (Å²) < 4.78 is 1.44. The summed E-state index contributed by atoms with van der Waals surface area (Å²) in [6, 6.07) is 8.29. The van der Waals surface area contributed by atoms with Crippen LogP contribution in [0.1, 0.15) is 24.1 Å². The van der Waals surface area contributed by atoms with E-state index < -0.39 is 0 Å². The van der Waals surface area contributed by atoms with Crippen LogP contribution in [0.25, 0.3) is 5.65 Å². The first-order valence-electron chi connectivity index (χ1n) is 12.1. The molecule has 2 N–H and O–H groups in total. The Balaban J connectivity index is 1.27. The molecule has 188 valence electrons. The number of anilines is 4. The number of hydrogen-bond donors (Lipinski definition) is 2. The number of nitrogens with zero attached hydrogens (tertiary/aromatic N) is 9. The Morgan fingerprint density at radius 2 is 1.97 bits per heavy atom. The fourth-order valence-corrected chi connectivity index (χ4v) is 4.89. The van der Waals surface area contributed by atoms with Crippen molar-refractivity contribution in [2.45, 2.75) is 24.9 Å². The van der Waals surface area contributed by atoms with Crippen molar-refractivity contribution in [3.63, 3.8) is 0 Å². The Labute approximate surface area is 218 Å². The lowest BCUT2D eigenvalue weighted by molar-refractivity contribution is -0.135. The summed E-state index contributed by atoms with van der Waals surface area (Å²) in [4.78, 5) is 27.1. The second kappa shape index (κ2) is 9.07. The van der Waals surface area contributed by atoms with Crippen molar-refractivity contribution >= 4 is 46.3 Å². The number of amides is 1. The number of likely N-dealkylation sites (N-methyl/N-ethyl adjacent to an activating group) is 1. The summed E-state index contributed by atoms with van der Waals surface area (Å²) >= 11 is 6.83. The zero-order chi connectivity index (χ0) is 25.7. The summed E-state index contributed by atoms with van der Waals surface area (Å²) in [5, 5.41) is 30.5. The van der Waals surface area contributed by atoms with Crippen LogP contribution in [0.2, 0.25) is 5.02 Å². The molecule has 6 rings (SSSR count). The van der Waals surface area contributed by atoms with Gasteiger partial charge in [0.05, 0.1) is 40.8 Å². The van der Waals surface area contributed by atoms with Gasteiger partial charge >= 0.3 is 0 Å². The topological polar surface area (TPSA) is 142 Å². The molecule has 12 nitrogen and oxygen atoms in total. The first kappa shape index (κ1) is 23.3. The standard InChI is InChI=1S/C24H24ClN11O/c1-33-4-5-34(13-20(33)37)17-11-35(12-17)19-7-14(8-26)6-18(21(19)25)30-24-31-22(29-15-2-3-15)23-28-10-16(9-27)36(23)32-24/h6-7,10,15,17H,2-5,11-13H2,1H3,(H2,29,30,31,32). The lowest BCUT2D eigenvalue weighted by Gasteiger charge is -2.48. The zero-order valence-corrected chi connectivity index (χ0v) is 20.9. The Morgan fingerprint density at radius 3 is 2.68 bits per heavy atom. The number of rotatable bonds is 6. The average Bonchev–Trinajstić information content (AvgIpc) is 3.58. The third-order valence-corrected chi connectivity index (χ3v) is 7.43. The molecule has 37 heavy (non-hydrogen) atoms. The van der Waals surface area contributed by atoms with Gasteiger partial charge in [-0.1, -0.05) is 11.6 Å². The van der Waals surface area contributed by atoms with E-state index in [4.69, 9.17) is 11.6 Å². The highest BCUT2D eigenvalue weighted by atomic mass is 35.5. The second-order valence-corrected chi connectivity index (χ2v) is 10.0. The van der Waals surface area contributed by atoms with E-state index in [1.807, 2.05) is 7.05 Å². The van der Waals surface area contributed by atoms with Gasteiger partial charge in [0.2, 0.25) is 11.9 Å². The largest absolute Gasteiger partial charge is 0.367 e. The smallest absolute Gasteiger partial charge is 0.247 e. The highest BCUT2D eigenvalue weighted by molar-refractivity contribution is 6.36. The molecule has 0 bridgehead atoms. The molecule has 13 heteroatoms. The monoisotopic (exact) mass is 517 g/mol. The van der Waals surface area contributed by atoms with Gasteiger partial charge in [0.15, 0.2) is 17.2 Å². The molecule has 0 spiro atoms. The first-order chi connectivity index (χ1) is 17.9. The van der Waals surface area contributed by atoms with E-state index >= 15 is 0 Å². The number of benzene rings is 1. The molecule has 0 atom stereocenters. The van der Waals surface area contributed by atoms with Gasteiger partial charge < -0.3 is 20.4 Å². The Bertz CT molecular complexity index is 1480. The van der Waals surface area contributed by atoms with Gasteiger partial charge in [0.1, 0.15) is 6.07 Å². The maximum absolute atomic E-state index is 12.1. The summed E-state index contributed by atoms with van der Waals surface area (Å²) in [5.41, 5.74) is 2.42. The van der Waals surface area contributed by atoms with Crippen molar-refractivity contribution in [2.75, 3.05) is 55.3 Å². The molecule has 1 aromatic carbocycles. The maximum atomic E-state index is 12.1. The van der Waals surface area contributed by atoms with E-state index in [1.54, 1.807) is 17.0 Å². The molecule has 1 amide bonds. The highest BCUT2D eigenvalue weighted by Crippen LogP contribution is 2.38. The van der Waals surface area contributed by atoms with Crippen molar-refractivity contribution in [3.8, 4) is 12.1 Å². The van der Waals surface area contributed by atoms with Gasteiger partial charge in [0, 0.05) is 45.3 Å². The third-order valence-electron chi connectivity index (χ3n) is 7.03. The lowest BCUT2D eigenvalue weighted by Crippen LogP contribution is -2.64. The highest BCUT2D eigenvalue weighted by Gasteiger charge is 2.36. The van der Waals surface area contributed by atoms with Gasteiger partial charge in [-0.2, -0.15) is 20.0 Å². The molecule has 4 heterocycles. The molecule has 3 aromatic rings. The minimum absolute atomic E-state index is 0.130. The SMILES string of the molecule is CN1CCN(C2CN(c3cc(C#N)cc(Nc4nc(NC5CC5)c5ncc(C#N)n5n4)c3Cl)C2)CC1=O. The number of halogens is 1. The van der Waals surface area contributed by atoms with Crippen LogP contribution in [0.4, 0.5) is 23.1 Å². The number of hydrogen-bond acceptors (Lipinski definition) is 10. The van der Waals surface area contributed by atoms with Crippen molar-refractivity contribution < 1.29 is 4.79 Å². The summed E-state index contributed by atoms with van der Waals surface area (Å²) in [6.45, 7) is 3.41. The Morgan fingerprint density at radius 1 is 1.16 bits per heavy atom. The van der Waals surface area contributed by atoms with Crippen LogP contribution in [-0.4, -0.2) is 87.1 Å². The molecular formula is C24H24ClN11O. The average molecular weight is 518 g/mol. The maximum Gasteiger partial charge on any atom is 0.247 e. The van der Waals surface area contributed by atoms with Gasteiger partial charge in [-0.3, -0.25) is 9.69 Å². The number of nitrogens with one attached hydrogen (secondary N) is 2. The molecule has 0 unspecified atom stereocenters. The van der Waals surface area contributed by atoms with Crippen molar-refractivity contribution in [1.29, 1.82) is 10.5 Å². The summed E-state index contributed by atoms with van der Waals surface area (Å²) in [7, 11) is 1.83. The van der Waals surface area contributed by atoms with E-state index in [9.17, 15) is 15.3 Å². The summed E-state index contributed by atoms with van der Waals surface area (Å²) in [5.74, 6) is 0.887. The van der Waals surface area contributed by atoms with Gasteiger partial charge in [0.25, 0.3) is 0 Å². The van der Waals surface area contributed by atoms with Gasteiger partial charge in [-0.25, -0.2) is 4.98 Å². The number of piperazine rings is 1. The van der Waals surface area contributed by atoms with E-state index in [1.165, 1.54) is 10.7 Å². The zero-order valence-electron chi connectivity index (χ0n) is 20.1. The van der Waals surface area contributed by atoms with Gasteiger partial charge in [-0.05, 0) is 25.0 Å². The van der Waals surface area contributed by atoms with Crippen molar-refractivity contribution in [3.05, 3.63) is 34.6 Å². The normalized spacial score (nSPS) is 18.4. The molecule has 2 aromatic heterocycles. The van der Waals surface area contributed by atoms with E-state index in [-0.39, 0.29) is 23.6 Å². The Kier molecular flexibility index (Phi) is 5.71. The second-order valence-electron chi connectivity index (χ2n) is 9.63. The Hall–Kier alpha value is -4.13. The number of aromatic nitrogens is 4. The van der Waals surface area contributed by atoms with Crippen LogP contribution in [0.5, 0.6) is 0 Å². The van der Waals surface area contributed by atoms with E-state index in [2.05, 4.69) is 47.6 Å². The minimum Gasteiger partial charge on any atom is -0.367 e. The quantitative estimate of drug-likeness (QED) is 0.497. The molecule has 1 aliphatic carbocycles. The van der Waals surface area contributed by atoms with Crippen LogP contribution < -0.4 is 15.5 Å². The number of nitriles is 2. The number of carbonyl (C=O) groups excluding carboxylic acids is 1. The number of fused-ring (bicyclic) bond motifs is 1. The molecule has 3 aliphatic rings. The molecule has 2 aliphatic heterocycles. The van der Waals surface area contributed by atoms with E-state index in [0.29, 0.717) is 53.4 Å². The molecule has 2 saturated heterocycles. The number of imidazole rings is 1. The first-order valence-corrected chi connectivity index (χ1v) is 12.5. The van der Waals surface area contributed by atoms with Crippen LogP contribution in [0, 0.1) is 22.7 Å². The van der Waals surface area contributed by atoms with Crippen LogP contribution in [0.15, 0.2) is 18.3 Å². The summed E-state index contributed by atoms with van der Waals surface area (Å²) in [6.07, 6.45) is 3.55. The van der Waals surface area contributed by atoms with Crippen LogP contribution in [0.3, 0.4) is 0 Å². The minimum atomic E-state index is 0.130. The van der Waals surface area contributed by atoms with Crippen LogP contribution in [-0.2, 0) is 4.79 Å². The predicted molar refractivity (Wildman–Crippen MR) is 137 cm³/mol. The lowest BCUT2D eigenvalue weighted by atomic mass is 10.0. The predicted octanol–water partition coefficient (Wildman–Crippen LogP) is 1.80. The molecular weight excluding hydrogens is 494 g/mol. The van der Waals surface area contributed by atoms with Crippen molar-refractivity contribution in [2.24, 2.45) is 0 Å². The third kappa shape index (κ3) is 4.35. The van der Waals surface area contributed by atoms with Crippen molar-refractivity contribution in [1.82, 2.24) is 29.4 Å². The van der Waals surface area contributed by atoms with Crippen LogP contribution >= 0.6 is 11.6 Å². The van der Waals surface area contributed by atoms with Gasteiger partial charge in [-0.15, -0.1) is 5.10 Å². The fraction of sp³-hybridized carbons (Fsp3) is 0.417.